The van der Waals surface area contributed by atoms with E-state index in [2.05, 4.69) is 10.2 Å². The number of aromatic hydroxyl groups is 2. The summed E-state index contributed by atoms with van der Waals surface area (Å²) in [5.41, 5.74) is 0.773. The number of phenols is 2. The summed E-state index contributed by atoms with van der Waals surface area (Å²) in [6.45, 7) is 1.69. The van der Waals surface area contributed by atoms with Gasteiger partial charge >= 0.3 is 0 Å². The van der Waals surface area contributed by atoms with Crippen LogP contribution in [-0.2, 0) is 16.1 Å². The summed E-state index contributed by atoms with van der Waals surface area (Å²) in [6, 6.07) is 4.30. The van der Waals surface area contributed by atoms with E-state index >= 15 is 0 Å². The van der Waals surface area contributed by atoms with Crippen LogP contribution in [0.25, 0.3) is 0 Å². The van der Waals surface area contributed by atoms with E-state index in [-0.39, 0.29) is 42.9 Å². The van der Waals surface area contributed by atoms with Gasteiger partial charge in [0.2, 0.25) is 5.91 Å². The lowest BCUT2D eigenvalue weighted by Crippen LogP contribution is -2.34. The Hall–Kier alpha value is -2.51. The second kappa shape index (κ2) is 7.93. The summed E-state index contributed by atoms with van der Waals surface area (Å²) >= 11 is 0. The number of phenolic OH excluding ortho intramolecular Hbond substituents is 2. The Balaban J connectivity index is 2.32. The fraction of sp³-hybridized carbons (Fsp3) is 0.462. The first-order chi connectivity index (χ1) is 9.88. The van der Waals surface area contributed by atoms with Crippen LogP contribution in [0.15, 0.2) is 18.2 Å². The zero-order valence-electron chi connectivity index (χ0n) is 11.6. The number of hydrogen-bond acceptors (Lipinski definition) is 6. The number of carbonyl (C=O) groups is 1. The Bertz CT molecular complexity index is 505. The number of carbonyl (C=O) groups excluding carboxylic acids is 1. The van der Waals surface area contributed by atoms with E-state index in [1.165, 1.54) is 12.1 Å². The third kappa shape index (κ3) is 6.46. The van der Waals surface area contributed by atoms with Crippen molar-refractivity contribution in [3.63, 3.8) is 0 Å². The van der Waals surface area contributed by atoms with Gasteiger partial charge in [0, 0.05) is 12.5 Å². The van der Waals surface area contributed by atoms with Crippen LogP contribution in [0.4, 0.5) is 0 Å². The van der Waals surface area contributed by atoms with E-state index in [0.717, 1.165) is 5.56 Å². The lowest BCUT2D eigenvalue weighted by Gasteiger charge is -2.14. The molecule has 1 amide bonds. The summed E-state index contributed by atoms with van der Waals surface area (Å²) in [7, 11) is 0. The Morgan fingerprint density at radius 3 is 2.76 bits per heavy atom. The molecule has 3 N–H and O–H groups in total. The molecule has 0 spiro atoms. The average molecular weight is 298 g/mol. The molecule has 0 saturated heterocycles. The first kappa shape index (κ1) is 16.5. The standard InChI is InChI=1S/C13H18N2O6/c1-9(7-10-4-5-11(16)12(17)8-10)14-13(18)3-2-6-21-15(19)20/h4-5,8-9,16-17H,2-3,6-7H2,1H3,(H,14,18). The number of nitrogens with zero attached hydrogens (tertiary/aromatic N) is 1. The minimum Gasteiger partial charge on any atom is -0.504 e. The van der Waals surface area contributed by atoms with Gasteiger partial charge in [-0.1, -0.05) is 6.07 Å². The van der Waals surface area contributed by atoms with Crippen molar-refractivity contribution >= 4 is 5.91 Å². The van der Waals surface area contributed by atoms with Crippen LogP contribution in [0.3, 0.4) is 0 Å². The maximum atomic E-state index is 11.6. The normalized spacial score (nSPS) is 11.7. The highest BCUT2D eigenvalue weighted by molar-refractivity contribution is 5.76. The molecule has 1 aromatic rings. The molecule has 1 aromatic carbocycles. The number of hydrogen-bond donors (Lipinski definition) is 3. The van der Waals surface area contributed by atoms with Crippen molar-refractivity contribution in [3.05, 3.63) is 33.9 Å². The summed E-state index contributed by atoms with van der Waals surface area (Å²) in [4.78, 5) is 25.6. The van der Waals surface area contributed by atoms with E-state index in [1.54, 1.807) is 13.0 Å². The SMILES string of the molecule is CC(Cc1ccc(O)c(O)c1)NC(=O)CCCO[N+](=O)[O-]. The molecule has 21 heavy (non-hydrogen) atoms. The molecule has 1 rings (SSSR count). The smallest absolute Gasteiger partial charge is 0.294 e. The zero-order valence-corrected chi connectivity index (χ0v) is 11.6. The molecule has 0 saturated carbocycles. The van der Waals surface area contributed by atoms with Crippen LogP contribution in [0.1, 0.15) is 25.3 Å². The van der Waals surface area contributed by atoms with Crippen LogP contribution in [0.5, 0.6) is 11.5 Å². The van der Waals surface area contributed by atoms with Crippen molar-refractivity contribution in [2.24, 2.45) is 0 Å². The fourth-order valence-corrected chi connectivity index (χ4v) is 1.82. The van der Waals surface area contributed by atoms with Gasteiger partial charge in [0.1, 0.15) is 0 Å². The van der Waals surface area contributed by atoms with E-state index in [0.29, 0.717) is 6.42 Å². The highest BCUT2D eigenvalue weighted by Crippen LogP contribution is 2.25. The highest BCUT2D eigenvalue weighted by Gasteiger charge is 2.10. The molecule has 1 unspecified atom stereocenters. The zero-order chi connectivity index (χ0) is 15.8. The van der Waals surface area contributed by atoms with Gasteiger partial charge in [-0.3, -0.25) is 4.79 Å². The van der Waals surface area contributed by atoms with E-state index in [9.17, 15) is 25.1 Å². The summed E-state index contributed by atoms with van der Waals surface area (Å²) in [5.74, 6) is -0.623. The molecule has 8 nitrogen and oxygen atoms in total. The third-order valence-corrected chi connectivity index (χ3v) is 2.73. The maximum Gasteiger partial charge on any atom is 0.294 e. The van der Waals surface area contributed by atoms with Crippen LogP contribution >= 0.6 is 0 Å². The maximum absolute atomic E-state index is 11.6. The molecule has 0 radical (unpaired) electrons. The minimum absolute atomic E-state index is 0.110. The molecule has 0 heterocycles. The second-order valence-corrected chi connectivity index (χ2v) is 4.66. The Kier molecular flexibility index (Phi) is 6.25. The van der Waals surface area contributed by atoms with Crippen molar-refractivity contribution in [1.82, 2.24) is 5.32 Å². The highest BCUT2D eigenvalue weighted by atomic mass is 16.9. The lowest BCUT2D eigenvalue weighted by molar-refractivity contribution is -0.757. The van der Waals surface area contributed by atoms with Crippen molar-refractivity contribution in [3.8, 4) is 11.5 Å². The van der Waals surface area contributed by atoms with Gasteiger partial charge in [-0.2, -0.15) is 0 Å². The Morgan fingerprint density at radius 1 is 1.43 bits per heavy atom. The van der Waals surface area contributed by atoms with Crippen molar-refractivity contribution < 1.29 is 24.9 Å². The molecule has 0 fully saturated rings. The Labute approximate surface area is 121 Å². The second-order valence-electron chi connectivity index (χ2n) is 4.66. The predicted molar refractivity (Wildman–Crippen MR) is 73.3 cm³/mol. The molecule has 0 bridgehead atoms. The van der Waals surface area contributed by atoms with E-state index in [1.807, 2.05) is 0 Å². The average Bonchev–Trinajstić information content (AvgIpc) is 2.38. The number of amides is 1. The molecular weight excluding hydrogens is 280 g/mol. The van der Waals surface area contributed by atoms with Crippen LogP contribution in [0, 0.1) is 10.1 Å². The first-order valence-corrected chi connectivity index (χ1v) is 6.46. The minimum atomic E-state index is -0.891. The number of benzene rings is 1. The molecule has 0 aliphatic rings. The van der Waals surface area contributed by atoms with Crippen molar-refractivity contribution in [1.29, 1.82) is 0 Å². The fourth-order valence-electron chi connectivity index (χ4n) is 1.82. The summed E-state index contributed by atoms with van der Waals surface area (Å²) in [5, 5.41) is 30.4. The Morgan fingerprint density at radius 2 is 2.14 bits per heavy atom. The molecule has 0 aliphatic carbocycles. The summed E-state index contributed by atoms with van der Waals surface area (Å²) < 4.78 is 0. The van der Waals surface area contributed by atoms with Gasteiger partial charge in [0.05, 0.1) is 6.61 Å². The van der Waals surface area contributed by atoms with E-state index in [4.69, 9.17) is 0 Å². The van der Waals surface area contributed by atoms with Gasteiger partial charge in [0.15, 0.2) is 11.5 Å². The first-order valence-electron chi connectivity index (χ1n) is 6.46. The van der Waals surface area contributed by atoms with Crippen LogP contribution in [-0.4, -0.2) is 33.9 Å². The third-order valence-electron chi connectivity index (χ3n) is 2.73. The van der Waals surface area contributed by atoms with Crippen molar-refractivity contribution in [2.45, 2.75) is 32.2 Å². The topological polar surface area (TPSA) is 122 Å². The van der Waals surface area contributed by atoms with Gasteiger partial charge in [0.25, 0.3) is 5.09 Å². The van der Waals surface area contributed by atoms with Crippen LogP contribution < -0.4 is 5.32 Å². The molecule has 0 aromatic heterocycles. The number of nitrogens with one attached hydrogen (secondary N) is 1. The lowest BCUT2D eigenvalue weighted by atomic mass is 10.1. The largest absolute Gasteiger partial charge is 0.504 e. The van der Waals surface area contributed by atoms with Crippen molar-refractivity contribution in [2.75, 3.05) is 6.61 Å². The number of rotatable bonds is 8. The van der Waals surface area contributed by atoms with Gasteiger partial charge in [-0.25, -0.2) is 0 Å². The van der Waals surface area contributed by atoms with E-state index < -0.39 is 5.09 Å². The van der Waals surface area contributed by atoms with Gasteiger partial charge < -0.3 is 20.4 Å². The summed E-state index contributed by atoms with van der Waals surface area (Å²) in [6.07, 6.45) is 0.892. The predicted octanol–water partition coefficient (Wildman–Crippen LogP) is 1.13. The molecular formula is C13H18N2O6. The van der Waals surface area contributed by atoms with Gasteiger partial charge in [-0.15, -0.1) is 10.1 Å². The monoisotopic (exact) mass is 298 g/mol. The molecule has 0 aliphatic heterocycles. The quantitative estimate of drug-likeness (QED) is 0.286. The molecule has 1 atom stereocenters. The molecule has 8 heteroatoms. The van der Waals surface area contributed by atoms with Crippen LogP contribution in [0.2, 0.25) is 0 Å². The molecule has 116 valence electrons. The van der Waals surface area contributed by atoms with Gasteiger partial charge in [-0.05, 0) is 37.5 Å².